The van der Waals surface area contributed by atoms with Crippen LogP contribution < -0.4 is 11.1 Å². The number of fused-ring (bicyclic) bond motifs is 3. The van der Waals surface area contributed by atoms with Crippen LogP contribution in [0.1, 0.15) is 67.2 Å². The van der Waals surface area contributed by atoms with Gasteiger partial charge in [0.05, 0.1) is 12.7 Å². The van der Waals surface area contributed by atoms with Crippen LogP contribution >= 0.6 is 0 Å². The number of ether oxygens (including phenoxy) is 1. The SMILES string of the molecule is [C-]#[N+]c1ccccc1CN1C(=O)C2(NC1N)c1cc(CCC3CC3)ccc1CC21CCC(OC)CC1. The van der Waals surface area contributed by atoms with Gasteiger partial charge in [0.25, 0.3) is 5.91 Å². The second kappa shape index (κ2) is 8.99. The van der Waals surface area contributed by atoms with Gasteiger partial charge < -0.3 is 9.64 Å². The average Bonchev–Trinajstić information content (AvgIpc) is 3.66. The minimum atomic E-state index is -0.830. The van der Waals surface area contributed by atoms with E-state index in [1.807, 2.05) is 24.3 Å². The third-order valence-electron chi connectivity index (χ3n) is 9.40. The summed E-state index contributed by atoms with van der Waals surface area (Å²) in [6.45, 7) is 7.90. The van der Waals surface area contributed by atoms with Gasteiger partial charge in [-0.3, -0.25) is 15.8 Å². The Morgan fingerprint density at radius 2 is 1.94 bits per heavy atom. The number of carbonyl (C=O) groups excluding carboxylic acids is 1. The first-order chi connectivity index (χ1) is 17.5. The molecule has 2 spiro atoms. The molecule has 2 aromatic rings. The van der Waals surface area contributed by atoms with E-state index in [4.69, 9.17) is 17.0 Å². The van der Waals surface area contributed by atoms with Crippen molar-refractivity contribution in [2.45, 2.75) is 82.3 Å². The Kier molecular flexibility index (Phi) is 5.91. The molecule has 0 bridgehead atoms. The second-order valence-corrected chi connectivity index (χ2v) is 11.4. The molecule has 4 aliphatic rings. The van der Waals surface area contributed by atoms with Gasteiger partial charge in [0.1, 0.15) is 11.8 Å². The lowest BCUT2D eigenvalue weighted by Crippen LogP contribution is -2.57. The van der Waals surface area contributed by atoms with Crippen molar-refractivity contribution in [2.24, 2.45) is 17.1 Å². The molecule has 2 saturated carbocycles. The number of hydrogen-bond acceptors (Lipinski definition) is 4. The summed E-state index contributed by atoms with van der Waals surface area (Å²) < 4.78 is 5.71. The molecule has 2 unspecified atom stereocenters. The van der Waals surface area contributed by atoms with Gasteiger partial charge in [-0.15, -0.1) is 0 Å². The number of amides is 1. The number of carbonyl (C=O) groups is 1. The van der Waals surface area contributed by atoms with Gasteiger partial charge in [-0.25, -0.2) is 4.85 Å². The molecular formula is C30H36N4O2. The summed E-state index contributed by atoms with van der Waals surface area (Å²) in [6, 6.07) is 14.4. The van der Waals surface area contributed by atoms with E-state index in [2.05, 4.69) is 28.4 Å². The van der Waals surface area contributed by atoms with Crippen molar-refractivity contribution >= 4 is 11.6 Å². The summed E-state index contributed by atoms with van der Waals surface area (Å²) in [5, 5.41) is 3.68. The van der Waals surface area contributed by atoms with Crippen molar-refractivity contribution in [1.82, 2.24) is 10.2 Å². The molecule has 6 nitrogen and oxygen atoms in total. The summed E-state index contributed by atoms with van der Waals surface area (Å²) in [5.74, 6) is 0.935. The van der Waals surface area contributed by atoms with Gasteiger partial charge in [-0.2, -0.15) is 0 Å². The molecule has 6 rings (SSSR count). The highest BCUT2D eigenvalue weighted by molar-refractivity contribution is 5.93. The van der Waals surface area contributed by atoms with Crippen LogP contribution in [0.4, 0.5) is 5.69 Å². The highest BCUT2D eigenvalue weighted by Gasteiger charge is 2.67. The van der Waals surface area contributed by atoms with Crippen LogP contribution in [0, 0.1) is 17.9 Å². The standard InChI is InChI=1S/C30H36N4O2/c1-32-26-6-4-3-5-23(26)19-34-27(35)30(33-28(34)31)25-17-21(10-9-20-7-8-20)11-12-22(25)18-29(30)15-13-24(36-2)14-16-29/h3-6,11-12,17,20,24,28,33H,7-10,13-16,18-19,31H2,2H3. The van der Waals surface area contributed by atoms with Gasteiger partial charge in [0.2, 0.25) is 0 Å². The third-order valence-corrected chi connectivity index (χ3v) is 9.40. The number of methoxy groups -OCH3 is 1. The first-order valence-corrected chi connectivity index (χ1v) is 13.4. The number of aryl methyl sites for hydroxylation is 1. The van der Waals surface area contributed by atoms with Crippen molar-refractivity contribution in [3.05, 3.63) is 76.1 Å². The summed E-state index contributed by atoms with van der Waals surface area (Å²) >= 11 is 0. The molecule has 3 aliphatic carbocycles. The summed E-state index contributed by atoms with van der Waals surface area (Å²) in [7, 11) is 1.79. The maximum Gasteiger partial charge on any atom is 0.250 e. The zero-order valence-corrected chi connectivity index (χ0v) is 21.1. The van der Waals surface area contributed by atoms with Gasteiger partial charge >= 0.3 is 0 Å². The Hall–Kier alpha value is -2.72. The van der Waals surface area contributed by atoms with Crippen LogP contribution in [-0.4, -0.2) is 30.3 Å². The van der Waals surface area contributed by atoms with E-state index in [0.717, 1.165) is 55.6 Å². The quantitative estimate of drug-likeness (QED) is 0.579. The Bertz CT molecular complexity index is 1210. The van der Waals surface area contributed by atoms with Crippen molar-refractivity contribution < 1.29 is 9.53 Å². The van der Waals surface area contributed by atoms with E-state index < -0.39 is 11.8 Å². The van der Waals surface area contributed by atoms with Crippen LogP contribution in [0.2, 0.25) is 0 Å². The van der Waals surface area contributed by atoms with E-state index in [1.165, 1.54) is 30.4 Å². The summed E-state index contributed by atoms with van der Waals surface area (Å²) in [6.07, 6.45) is 9.29. The van der Waals surface area contributed by atoms with Crippen LogP contribution in [0.15, 0.2) is 42.5 Å². The van der Waals surface area contributed by atoms with E-state index in [9.17, 15) is 4.79 Å². The number of nitrogens with one attached hydrogen (secondary N) is 1. The fourth-order valence-corrected chi connectivity index (χ4v) is 7.16. The molecule has 0 radical (unpaired) electrons. The minimum Gasteiger partial charge on any atom is -0.381 e. The number of rotatable bonds is 6. The average molecular weight is 485 g/mol. The number of nitrogens with two attached hydrogens (primary N) is 1. The van der Waals surface area contributed by atoms with Crippen molar-refractivity contribution in [2.75, 3.05) is 7.11 Å². The van der Waals surface area contributed by atoms with E-state index >= 15 is 0 Å². The second-order valence-electron chi connectivity index (χ2n) is 11.4. The van der Waals surface area contributed by atoms with E-state index in [0.29, 0.717) is 12.2 Å². The van der Waals surface area contributed by atoms with Gasteiger partial charge in [0.15, 0.2) is 5.69 Å². The zero-order chi connectivity index (χ0) is 24.9. The van der Waals surface area contributed by atoms with Crippen LogP contribution in [0.3, 0.4) is 0 Å². The number of nitrogens with zero attached hydrogens (tertiary/aromatic N) is 2. The maximum atomic E-state index is 14.6. The number of hydrogen-bond donors (Lipinski definition) is 2. The highest BCUT2D eigenvalue weighted by Crippen LogP contribution is 2.60. The normalized spacial score (nSPS) is 31.2. The summed E-state index contributed by atoms with van der Waals surface area (Å²) in [5.41, 5.74) is 10.8. The first-order valence-electron chi connectivity index (χ1n) is 13.4. The minimum absolute atomic E-state index is 0.0590. The van der Waals surface area contributed by atoms with Gasteiger partial charge in [-0.05, 0) is 73.1 Å². The lowest BCUT2D eigenvalue weighted by Gasteiger charge is -2.46. The van der Waals surface area contributed by atoms with Gasteiger partial charge in [-0.1, -0.05) is 55.3 Å². The largest absolute Gasteiger partial charge is 0.381 e. The molecule has 36 heavy (non-hydrogen) atoms. The van der Waals surface area contributed by atoms with Crippen LogP contribution in [0.25, 0.3) is 4.85 Å². The molecule has 188 valence electrons. The predicted octanol–water partition coefficient (Wildman–Crippen LogP) is 4.78. The fraction of sp³-hybridized carbons (Fsp3) is 0.533. The number of para-hydroxylation sites is 1. The molecule has 2 aromatic carbocycles. The lowest BCUT2D eigenvalue weighted by atomic mass is 9.61. The predicted molar refractivity (Wildman–Crippen MR) is 139 cm³/mol. The fourth-order valence-electron chi connectivity index (χ4n) is 7.16. The molecule has 6 heteroatoms. The maximum absolute atomic E-state index is 14.6. The van der Waals surface area contributed by atoms with E-state index in [1.54, 1.807) is 12.0 Å². The smallest absolute Gasteiger partial charge is 0.250 e. The van der Waals surface area contributed by atoms with Crippen LogP contribution in [-0.2, 0) is 34.5 Å². The van der Waals surface area contributed by atoms with Crippen molar-refractivity contribution in [3.8, 4) is 0 Å². The molecule has 3 fully saturated rings. The Labute approximate surface area is 214 Å². The Morgan fingerprint density at radius 3 is 2.67 bits per heavy atom. The van der Waals surface area contributed by atoms with Gasteiger partial charge in [0, 0.05) is 19.1 Å². The molecule has 1 amide bonds. The molecular weight excluding hydrogens is 448 g/mol. The molecule has 0 aromatic heterocycles. The van der Waals surface area contributed by atoms with Crippen molar-refractivity contribution in [1.29, 1.82) is 0 Å². The van der Waals surface area contributed by atoms with E-state index in [-0.39, 0.29) is 17.4 Å². The topological polar surface area (TPSA) is 72.0 Å². The first kappa shape index (κ1) is 23.7. The molecule has 1 aliphatic heterocycles. The monoisotopic (exact) mass is 484 g/mol. The molecule has 3 N–H and O–H groups in total. The Balaban J connectivity index is 1.39. The lowest BCUT2D eigenvalue weighted by molar-refractivity contribution is -0.140. The van der Waals surface area contributed by atoms with Crippen molar-refractivity contribution in [3.63, 3.8) is 0 Å². The summed E-state index contributed by atoms with van der Waals surface area (Å²) in [4.78, 5) is 20.0. The zero-order valence-electron chi connectivity index (χ0n) is 21.1. The molecule has 1 saturated heterocycles. The number of benzene rings is 2. The molecule has 1 heterocycles. The highest BCUT2D eigenvalue weighted by atomic mass is 16.5. The molecule has 2 atom stereocenters. The Morgan fingerprint density at radius 1 is 1.17 bits per heavy atom. The van der Waals surface area contributed by atoms with Crippen LogP contribution in [0.5, 0.6) is 0 Å². The third kappa shape index (κ3) is 3.68.